The van der Waals surface area contributed by atoms with Crippen LogP contribution in [-0.4, -0.2) is 38.0 Å². The Morgan fingerprint density at radius 1 is 0.944 bits per heavy atom. The largest absolute Gasteiger partial charge is 0.484 e. The molecule has 36 heavy (non-hydrogen) atoms. The molecule has 0 atom stereocenters. The zero-order valence-corrected chi connectivity index (χ0v) is 20.2. The fourth-order valence-corrected chi connectivity index (χ4v) is 3.89. The first kappa shape index (κ1) is 25.4. The molecular formula is C29H31FN2O4. The maximum Gasteiger partial charge on any atom is 0.257 e. The summed E-state index contributed by atoms with van der Waals surface area (Å²) in [5.74, 6) is 0.651. The second-order valence-corrected chi connectivity index (χ2v) is 8.77. The number of carbonyl (C=O) groups is 1. The Morgan fingerprint density at radius 2 is 1.67 bits per heavy atom. The van der Waals surface area contributed by atoms with Crippen LogP contribution in [0.15, 0.2) is 84.0 Å². The third-order valence-corrected chi connectivity index (χ3v) is 6.02. The van der Waals surface area contributed by atoms with E-state index in [1.807, 2.05) is 54.6 Å². The molecule has 0 bridgehead atoms. The molecule has 0 unspecified atom stereocenters. The van der Waals surface area contributed by atoms with Gasteiger partial charge < -0.3 is 19.6 Å². The van der Waals surface area contributed by atoms with Gasteiger partial charge in [0.15, 0.2) is 6.61 Å². The minimum atomic E-state index is -0.286. The minimum absolute atomic E-state index is 0.0334. The molecule has 1 fully saturated rings. The lowest BCUT2D eigenvalue weighted by molar-refractivity contribution is -0.123. The van der Waals surface area contributed by atoms with E-state index in [2.05, 4.69) is 10.5 Å². The number of hydrogen-bond donors (Lipinski definition) is 1. The number of oxime groups is 1. The summed E-state index contributed by atoms with van der Waals surface area (Å²) in [4.78, 5) is 17.8. The first-order valence-corrected chi connectivity index (χ1v) is 12.2. The molecular weight excluding hydrogens is 459 g/mol. The van der Waals surface area contributed by atoms with E-state index in [0.717, 1.165) is 48.5 Å². The molecule has 0 aliphatic carbocycles. The van der Waals surface area contributed by atoms with Gasteiger partial charge in [0.25, 0.3) is 5.91 Å². The van der Waals surface area contributed by atoms with Crippen LogP contribution < -0.4 is 10.1 Å². The summed E-state index contributed by atoms with van der Waals surface area (Å²) in [6.07, 6.45) is 2.53. The fraction of sp³-hybridized carbons (Fsp3) is 0.310. The van der Waals surface area contributed by atoms with E-state index in [1.165, 1.54) is 12.1 Å². The zero-order chi connectivity index (χ0) is 25.0. The van der Waals surface area contributed by atoms with Gasteiger partial charge in [-0.2, -0.15) is 0 Å². The third kappa shape index (κ3) is 8.20. The van der Waals surface area contributed by atoms with Gasteiger partial charge in [0.1, 0.15) is 18.2 Å². The summed E-state index contributed by atoms with van der Waals surface area (Å²) in [5.41, 5.74) is 3.57. The number of rotatable bonds is 11. The number of benzene rings is 3. The predicted molar refractivity (Wildman–Crippen MR) is 136 cm³/mol. The lowest BCUT2D eigenvalue weighted by Crippen LogP contribution is -2.35. The predicted octanol–water partition coefficient (Wildman–Crippen LogP) is 4.91. The Labute approximate surface area is 211 Å². The van der Waals surface area contributed by atoms with Gasteiger partial charge in [0, 0.05) is 26.2 Å². The molecule has 1 aliphatic rings. The summed E-state index contributed by atoms with van der Waals surface area (Å²) < 4.78 is 24.2. The van der Waals surface area contributed by atoms with Crippen LogP contribution in [0.5, 0.6) is 5.75 Å². The van der Waals surface area contributed by atoms with Crippen molar-refractivity contribution in [2.75, 3.05) is 26.4 Å². The Balaban J connectivity index is 1.34. The quantitative estimate of drug-likeness (QED) is 0.306. The summed E-state index contributed by atoms with van der Waals surface area (Å²) in [7, 11) is 0. The maximum atomic E-state index is 13.1. The van der Waals surface area contributed by atoms with Crippen LogP contribution >= 0.6 is 0 Å². The van der Waals surface area contributed by atoms with Gasteiger partial charge in [-0.25, -0.2) is 4.39 Å². The number of nitrogens with zero attached hydrogens (tertiary/aromatic N) is 1. The van der Waals surface area contributed by atoms with E-state index >= 15 is 0 Å². The van der Waals surface area contributed by atoms with Crippen molar-refractivity contribution in [1.29, 1.82) is 0 Å². The Hall–Kier alpha value is -3.71. The summed E-state index contributed by atoms with van der Waals surface area (Å²) in [5, 5.41) is 7.33. The highest BCUT2D eigenvalue weighted by atomic mass is 19.1. The van der Waals surface area contributed by atoms with Crippen molar-refractivity contribution >= 4 is 11.6 Å². The van der Waals surface area contributed by atoms with Crippen molar-refractivity contribution in [3.05, 3.63) is 101 Å². The zero-order valence-electron chi connectivity index (χ0n) is 20.2. The van der Waals surface area contributed by atoms with Gasteiger partial charge in [-0.15, -0.1) is 0 Å². The first-order chi connectivity index (χ1) is 17.7. The van der Waals surface area contributed by atoms with Crippen molar-refractivity contribution in [1.82, 2.24) is 5.32 Å². The van der Waals surface area contributed by atoms with Gasteiger partial charge in [-0.05, 0) is 71.8 Å². The molecule has 1 amide bonds. The van der Waals surface area contributed by atoms with Crippen LogP contribution in [-0.2, 0) is 27.4 Å². The van der Waals surface area contributed by atoms with Crippen LogP contribution in [0.4, 0.5) is 4.39 Å². The summed E-state index contributed by atoms with van der Waals surface area (Å²) in [6.45, 7) is 2.38. The fourth-order valence-electron chi connectivity index (χ4n) is 3.89. The number of halogens is 1. The molecule has 4 rings (SSSR count). The topological polar surface area (TPSA) is 69.2 Å². The Bertz CT molecular complexity index is 1110. The lowest BCUT2D eigenvalue weighted by atomic mass is 10.0. The SMILES string of the molecule is O=C(COc1ccc(/C(Cc2ccccc2)=N/OCc2ccc(F)cc2)cc1)NCC1CCOCC1. The molecule has 1 saturated heterocycles. The lowest BCUT2D eigenvalue weighted by Gasteiger charge is -2.22. The van der Waals surface area contributed by atoms with Crippen LogP contribution in [0, 0.1) is 11.7 Å². The summed E-state index contributed by atoms with van der Waals surface area (Å²) >= 11 is 0. The highest BCUT2D eigenvalue weighted by Gasteiger charge is 2.15. The normalized spacial score (nSPS) is 14.3. The molecule has 0 radical (unpaired) electrons. The second kappa shape index (κ2) is 13.4. The highest BCUT2D eigenvalue weighted by Crippen LogP contribution is 2.16. The number of ether oxygens (including phenoxy) is 2. The molecule has 0 aromatic heterocycles. The molecule has 1 N–H and O–H groups in total. The number of nitrogens with one attached hydrogen (secondary N) is 1. The average Bonchev–Trinajstić information content (AvgIpc) is 2.93. The number of carbonyl (C=O) groups excluding carboxylic acids is 1. The molecule has 3 aromatic carbocycles. The van der Waals surface area contributed by atoms with E-state index in [9.17, 15) is 9.18 Å². The first-order valence-electron chi connectivity index (χ1n) is 12.2. The molecule has 0 saturated carbocycles. The van der Waals surface area contributed by atoms with Gasteiger partial charge in [-0.3, -0.25) is 4.79 Å². The van der Waals surface area contributed by atoms with Gasteiger partial charge in [0.05, 0.1) is 5.71 Å². The van der Waals surface area contributed by atoms with E-state index in [0.29, 0.717) is 24.6 Å². The smallest absolute Gasteiger partial charge is 0.257 e. The molecule has 3 aromatic rings. The van der Waals surface area contributed by atoms with Gasteiger partial charge >= 0.3 is 0 Å². The Morgan fingerprint density at radius 3 is 2.39 bits per heavy atom. The molecule has 1 aliphatic heterocycles. The Kier molecular flexibility index (Phi) is 9.45. The van der Waals surface area contributed by atoms with E-state index in [4.69, 9.17) is 14.3 Å². The maximum absolute atomic E-state index is 13.1. The van der Waals surface area contributed by atoms with Crippen LogP contribution in [0.1, 0.15) is 29.5 Å². The van der Waals surface area contributed by atoms with Crippen molar-refractivity contribution < 1.29 is 23.5 Å². The third-order valence-electron chi connectivity index (χ3n) is 6.02. The summed E-state index contributed by atoms with van der Waals surface area (Å²) in [6, 6.07) is 23.6. The number of amides is 1. The standard InChI is InChI=1S/C29H31FN2O4/c30-26-10-6-24(7-11-26)20-36-32-28(18-22-4-2-1-3-5-22)25-8-12-27(13-9-25)35-21-29(33)31-19-23-14-16-34-17-15-23/h1-13,23H,14-21H2,(H,31,33)/b32-28+. The van der Waals surface area contributed by atoms with Crippen molar-refractivity contribution in [3.63, 3.8) is 0 Å². The molecule has 1 heterocycles. The van der Waals surface area contributed by atoms with Crippen molar-refractivity contribution in [3.8, 4) is 5.75 Å². The highest BCUT2D eigenvalue weighted by molar-refractivity contribution is 6.01. The monoisotopic (exact) mass is 490 g/mol. The van der Waals surface area contributed by atoms with Crippen molar-refractivity contribution in [2.24, 2.45) is 11.1 Å². The number of hydrogen-bond acceptors (Lipinski definition) is 5. The van der Waals surface area contributed by atoms with E-state index in [-0.39, 0.29) is 24.9 Å². The van der Waals surface area contributed by atoms with E-state index in [1.54, 1.807) is 12.1 Å². The average molecular weight is 491 g/mol. The van der Waals surface area contributed by atoms with Gasteiger partial charge in [-0.1, -0.05) is 47.6 Å². The van der Waals surface area contributed by atoms with Crippen molar-refractivity contribution in [2.45, 2.75) is 25.9 Å². The van der Waals surface area contributed by atoms with Gasteiger partial charge in [0.2, 0.25) is 0 Å². The molecule has 7 heteroatoms. The van der Waals surface area contributed by atoms with Crippen LogP contribution in [0.25, 0.3) is 0 Å². The second-order valence-electron chi connectivity index (χ2n) is 8.77. The molecule has 6 nitrogen and oxygen atoms in total. The van der Waals surface area contributed by atoms with Crippen LogP contribution in [0.2, 0.25) is 0 Å². The molecule has 188 valence electrons. The van der Waals surface area contributed by atoms with Crippen LogP contribution in [0.3, 0.4) is 0 Å². The van der Waals surface area contributed by atoms with E-state index < -0.39 is 0 Å². The minimum Gasteiger partial charge on any atom is -0.484 e. The molecule has 0 spiro atoms.